The average Bonchev–Trinajstić information content (AvgIpc) is 2.61. The van der Waals surface area contributed by atoms with Crippen molar-refractivity contribution in [3.8, 4) is 6.07 Å². The molecule has 0 unspecified atom stereocenters. The molecule has 22 heavy (non-hydrogen) atoms. The molecule has 0 fully saturated rings. The summed E-state index contributed by atoms with van der Waals surface area (Å²) in [5.74, 6) is -1.13. The molecule has 1 aromatic rings. The molecule has 5 nitrogen and oxygen atoms in total. The molecule has 1 rings (SSSR count). The number of amides is 1. The third-order valence-electron chi connectivity index (χ3n) is 3.31. The van der Waals surface area contributed by atoms with E-state index in [1.807, 2.05) is 6.07 Å². The Balaban J connectivity index is 3.07. The minimum atomic E-state index is -4.38. The molecule has 0 radical (unpaired) electrons. The minimum Gasteiger partial charge on any atom is -0.338 e. The van der Waals surface area contributed by atoms with E-state index in [0.29, 0.717) is 17.0 Å². The van der Waals surface area contributed by atoms with E-state index in [4.69, 9.17) is 5.26 Å². The number of nitrogens with zero attached hydrogens (tertiary/aromatic N) is 3. The quantitative estimate of drug-likeness (QED) is 0.928. The van der Waals surface area contributed by atoms with Crippen molar-refractivity contribution in [1.29, 1.82) is 5.26 Å². The van der Waals surface area contributed by atoms with Gasteiger partial charge >= 0.3 is 6.18 Å². The van der Waals surface area contributed by atoms with Gasteiger partial charge in [0.05, 0.1) is 17.7 Å². The van der Waals surface area contributed by atoms with E-state index in [9.17, 15) is 18.0 Å². The lowest BCUT2D eigenvalue weighted by Crippen LogP contribution is -2.44. The number of rotatable bonds is 4. The topological polar surface area (TPSA) is 70.7 Å². The molecule has 0 bridgehead atoms. The number of nitrogens with one attached hydrogen (secondary N) is 1. The summed E-state index contributed by atoms with van der Waals surface area (Å²) in [7, 11) is 0. The number of aromatic nitrogens is 2. The summed E-state index contributed by atoms with van der Waals surface area (Å²) >= 11 is 0. The Morgan fingerprint density at radius 3 is 2.41 bits per heavy atom. The highest BCUT2D eigenvalue weighted by Crippen LogP contribution is 2.26. The van der Waals surface area contributed by atoms with Crippen LogP contribution in [0.3, 0.4) is 0 Å². The van der Waals surface area contributed by atoms with Crippen LogP contribution in [-0.4, -0.2) is 27.4 Å². The number of hydrogen-bond donors (Lipinski definition) is 1. The Hall–Kier alpha value is -2.04. The van der Waals surface area contributed by atoms with Gasteiger partial charge in [-0.25, -0.2) is 0 Å². The molecule has 0 aliphatic rings. The van der Waals surface area contributed by atoms with Gasteiger partial charge in [-0.2, -0.15) is 23.5 Å². The van der Waals surface area contributed by atoms with Crippen molar-refractivity contribution < 1.29 is 18.0 Å². The second-order valence-corrected chi connectivity index (χ2v) is 5.81. The lowest BCUT2D eigenvalue weighted by Gasteiger charge is -2.21. The molecule has 122 valence electrons. The normalized spacial score (nSPS) is 13.6. The third-order valence-corrected chi connectivity index (χ3v) is 3.31. The van der Waals surface area contributed by atoms with Gasteiger partial charge in [0.2, 0.25) is 5.91 Å². The molecule has 1 heterocycles. The fraction of sp³-hybridized carbons (Fsp3) is 0.643. The number of carbonyl (C=O) groups excluding carboxylic acids is 1. The fourth-order valence-electron chi connectivity index (χ4n) is 2.24. The second-order valence-electron chi connectivity index (χ2n) is 5.81. The second kappa shape index (κ2) is 5.99. The zero-order valence-corrected chi connectivity index (χ0v) is 13.2. The van der Waals surface area contributed by atoms with Crippen molar-refractivity contribution in [2.45, 2.75) is 58.8 Å². The highest BCUT2D eigenvalue weighted by atomic mass is 19.4. The van der Waals surface area contributed by atoms with Crippen LogP contribution in [-0.2, 0) is 11.3 Å². The molecule has 0 aliphatic heterocycles. The van der Waals surface area contributed by atoms with E-state index in [0.717, 1.165) is 4.68 Å². The van der Waals surface area contributed by atoms with Gasteiger partial charge in [-0.1, -0.05) is 0 Å². The first-order chi connectivity index (χ1) is 9.88. The average molecular weight is 316 g/mol. The molecule has 1 atom stereocenters. The van der Waals surface area contributed by atoms with Gasteiger partial charge in [0, 0.05) is 11.3 Å². The number of nitriles is 1. The number of halogens is 3. The van der Waals surface area contributed by atoms with Crippen molar-refractivity contribution in [2.24, 2.45) is 0 Å². The van der Waals surface area contributed by atoms with Crippen LogP contribution in [0, 0.1) is 25.2 Å². The molecule has 1 N–H and O–H groups in total. The largest absolute Gasteiger partial charge is 0.408 e. The monoisotopic (exact) mass is 316 g/mol. The summed E-state index contributed by atoms with van der Waals surface area (Å²) in [6, 6.07) is 1.94. The summed E-state index contributed by atoms with van der Waals surface area (Å²) in [6.07, 6.45) is -4.38. The zero-order valence-electron chi connectivity index (χ0n) is 13.2. The van der Waals surface area contributed by atoms with Crippen LogP contribution in [0.5, 0.6) is 0 Å². The van der Waals surface area contributed by atoms with E-state index in [1.54, 1.807) is 27.7 Å². The maximum atomic E-state index is 12.5. The summed E-state index contributed by atoms with van der Waals surface area (Å²) in [5.41, 5.74) is 0.0802. The minimum absolute atomic E-state index is 0.298. The van der Waals surface area contributed by atoms with Crippen molar-refractivity contribution in [2.75, 3.05) is 0 Å². The van der Waals surface area contributed by atoms with Crippen molar-refractivity contribution in [3.05, 3.63) is 17.0 Å². The van der Waals surface area contributed by atoms with Gasteiger partial charge in [-0.3, -0.25) is 9.48 Å². The van der Waals surface area contributed by atoms with Gasteiger partial charge in [0.25, 0.3) is 0 Å². The van der Waals surface area contributed by atoms with Crippen LogP contribution in [0.2, 0.25) is 0 Å². The predicted octanol–water partition coefficient (Wildman–Crippen LogP) is 2.58. The SMILES string of the molecule is Cc1nn(CC(F)(F)F)c(C)c1[C@H](C)C(=O)NC(C)(C)C#N. The lowest BCUT2D eigenvalue weighted by molar-refractivity contribution is -0.143. The fourth-order valence-corrected chi connectivity index (χ4v) is 2.24. The Morgan fingerprint density at radius 2 is 1.95 bits per heavy atom. The van der Waals surface area contributed by atoms with E-state index in [-0.39, 0.29) is 0 Å². The van der Waals surface area contributed by atoms with E-state index >= 15 is 0 Å². The Kier molecular flexibility index (Phi) is 4.90. The predicted molar refractivity (Wildman–Crippen MR) is 74.0 cm³/mol. The molecule has 0 saturated heterocycles. The summed E-state index contributed by atoms with van der Waals surface area (Å²) in [5, 5.41) is 15.4. The Labute approximate surface area is 127 Å². The van der Waals surface area contributed by atoms with Crippen LogP contribution >= 0.6 is 0 Å². The highest BCUT2D eigenvalue weighted by molar-refractivity contribution is 5.84. The van der Waals surface area contributed by atoms with Gasteiger partial charge < -0.3 is 5.32 Å². The maximum absolute atomic E-state index is 12.5. The van der Waals surface area contributed by atoms with Gasteiger partial charge in [-0.05, 0) is 34.6 Å². The molecule has 0 aromatic carbocycles. The first-order valence-corrected chi connectivity index (χ1v) is 6.72. The summed E-state index contributed by atoms with van der Waals surface area (Å²) in [4.78, 5) is 12.2. The first-order valence-electron chi connectivity index (χ1n) is 6.72. The van der Waals surface area contributed by atoms with Crippen LogP contribution in [0.25, 0.3) is 0 Å². The molecule has 8 heteroatoms. The summed E-state index contributed by atoms with van der Waals surface area (Å²) in [6.45, 7) is 6.54. The third kappa shape index (κ3) is 4.23. The lowest BCUT2D eigenvalue weighted by atomic mass is 9.96. The van der Waals surface area contributed by atoms with Crippen LogP contribution in [0.4, 0.5) is 13.2 Å². The molecular formula is C14H19F3N4O. The molecule has 0 saturated carbocycles. The summed E-state index contributed by atoms with van der Waals surface area (Å²) < 4.78 is 38.4. The standard InChI is InChI=1S/C14H19F3N4O/c1-8(12(22)19-13(4,5)6-18)11-9(2)20-21(10(11)3)7-14(15,16)17/h8H,7H2,1-5H3,(H,19,22)/t8-/m0/s1. The highest BCUT2D eigenvalue weighted by Gasteiger charge is 2.32. The first kappa shape index (κ1) is 18.0. The van der Waals surface area contributed by atoms with Gasteiger partial charge in [0.15, 0.2) is 0 Å². The molecule has 1 aromatic heterocycles. The molecular weight excluding hydrogens is 297 g/mol. The maximum Gasteiger partial charge on any atom is 0.408 e. The van der Waals surface area contributed by atoms with E-state index in [2.05, 4.69) is 10.4 Å². The van der Waals surface area contributed by atoms with E-state index in [1.165, 1.54) is 6.92 Å². The number of alkyl halides is 3. The zero-order chi connectivity index (χ0) is 17.3. The van der Waals surface area contributed by atoms with Crippen molar-refractivity contribution >= 4 is 5.91 Å². The molecule has 0 spiro atoms. The van der Waals surface area contributed by atoms with Crippen LogP contribution < -0.4 is 5.32 Å². The number of hydrogen-bond acceptors (Lipinski definition) is 3. The smallest absolute Gasteiger partial charge is 0.338 e. The Morgan fingerprint density at radius 1 is 1.41 bits per heavy atom. The number of carbonyl (C=O) groups is 1. The Bertz CT molecular complexity index is 611. The molecule has 1 amide bonds. The molecule has 0 aliphatic carbocycles. The van der Waals surface area contributed by atoms with E-state index < -0.39 is 30.1 Å². The number of aryl methyl sites for hydroxylation is 1. The van der Waals surface area contributed by atoms with Crippen molar-refractivity contribution in [3.63, 3.8) is 0 Å². The van der Waals surface area contributed by atoms with Gasteiger partial charge in [0.1, 0.15) is 12.1 Å². The van der Waals surface area contributed by atoms with Crippen LogP contribution in [0.15, 0.2) is 0 Å². The van der Waals surface area contributed by atoms with Crippen LogP contribution in [0.1, 0.15) is 43.6 Å². The van der Waals surface area contributed by atoms with Crippen molar-refractivity contribution in [1.82, 2.24) is 15.1 Å². The van der Waals surface area contributed by atoms with Gasteiger partial charge in [-0.15, -0.1) is 0 Å².